The van der Waals surface area contributed by atoms with Gasteiger partial charge in [0.15, 0.2) is 5.69 Å². The Bertz CT molecular complexity index is 1300. The first kappa shape index (κ1) is 19.2. The molecule has 4 rings (SSSR count). The number of alkyl halides is 3. The van der Waals surface area contributed by atoms with Crippen LogP contribution in [0.1, 0.15) is 5.69 Å². The van der Waals surface area contributed by atoms with E-state index in [1.165, 1.54) is 28.8 Å². The Morgan fingerprint density at radius 3 is 2.28 bits per heavy atom. The zero-order valence-electron chi connectivity index (χ0n) is 14.8. The number of rotatable bonds is 3. The van der Waals surface area contributed by atoms with Crippen molar-refractivity contribution in [3.05, 3.63) is 70.9 Å². The lowest BCUT2D eigenvalue weighted by atomic mass is 10.2. The van der Waals surface area contributed by atoms with Gasteiger partial charge in [-0.1, -0.05) is 30.3 Å². The number of nitrogens with zero attached hydrogens (tertiary/aromatic N) is 3. The van der Waals surface area contributed by atoms with Gasteiger partial charge in [-0.15, -0.1) is 0 Å². The van der Waals surface area contributed by atoms with Crippen molar-refractivity contribution < 1.29 is 21.6 Å². The van der Waals surface area contributed by atoms with Crippen LogP contribution in [0.5, 0.6) is 0 Å². The number of fused-ring (bicyclic) bond motifs is 1. The van der Waals surface area contributed by atoms with Crippen LogP contribution in [-0.4, -0.2) is 24.5 Å². The number of hydrogen-bond acceptors (Lipinski definition) is 4. The van der Waals surface area contributed by atoms with Crippen molar-refractivity contribution in [3.63, 3.8) is 0 Å². The highest BCUT2D eigenvalue weighted by atomic mass is 32.2. The quantitative estimate of drug-likeness (QED) is 0.698. The second kappa shape index (κ2) is 6.75. The molecule has 0 aliphatic carbocycles. The fraction of sp³-hybridized carbons (Fsp3) is 0.105. The summed E-state index contributed by atoms with van der Waals surface area (Å²) in [5.41, 5.74) is -0.724. The molecule has 0 saturated carbocycles. The van der Waals surface area contributed by atoms with E-state index < -0.39 is 21.9 Å². The lowest BCUT2D eigenvalue weighted by Crippen LogP contribution is -2.36. The fourth-order valence-electron chi connectivity index (χ4n) is 3.07. The van der Waals surface area contributed by atoms with Crippen LogP contribution in [0.2, 0.25) is 0 Å². The number of imidazole rings is 1. The van der Waals surface area contributed by atoms with Gasteiger partial charge in [-0.3, -0.25) is 4.57 Å². The van der Waals surface area contributed by atoms with E-state index in [1.807, 2.05) is 30.3 Å². The maximum Gasteiger partial charge on any atom is 0.434 e. The first-order chi connectivity index (χ1) is 13.6. The van der Waals surface area contributed by atoms with E-state index in [1.54, 1.807) is 11.1 Å². The maximum absolute atomic E-state index is 13.3. The Labute approximate surface area is 164 Å². The third kappa shape index (κ3) is 3.76. The molecule has 1 aromatic heterocycles. The average Bonchev–Trinajstić information content (AvgIpc) is 3.13. The van der Waals surface area contributed by atoms with Crippen LogP contribution in [0, 0.1) is 0 Å². The second-order valence-electron chi connectivity index (χ2n) is 6.45. The summed E-state index contributed by atoms with van der Waals surface area (Å²) in [7, 11) is -3.91. The molecular weight excluding hydrogens is 405 g/mol. The Balaban J connectivity index is 1.84. The molecular formula is C19H15F3N4O2S. The molecule has 2 aromatic carbocycles. The summed E-state index contributed by atoms with van der Waals surface area (Å²) in [5.74, 6) is 0.0615. The molecule has 2 heterocycles. The molecule has 1 aliphatic rings. The van der Waals surface area contributed by atoms with Crippen molar-refractivity contribution in [1.29, 1.82) is 0 Å². The molecule has 0 unspecified atom stereocenters. The Kier molecular flexibility index (Phi) is 4.47. The monoisotopic (exact) mass is 420 g/mol. The molecule has 150 valence electrons. The van der Waals surface area contributed by atoms with Gasteiger partial charge in [0.05, 0.1) is 4.90 Å². The Hall–Kier alpha value is -3.11. The average molecular weight is 420 g/mol. The van der Waals surface area contributed by atoms with Crippen LogP contribution in [0.3, 0.4) is 0 Å². The molecule has 6 nitrogen and oxygen atoms in total. The topological polar surface area (TPSA) is 81.2 Å². The maximum atomic E-state index is 13.3. The van der Waals surface area contributed by atoms with Gasteiger partial charge in [0.2, 0.25) is 16.0 Å². The fourth-order valence-corrected chi connectivity index (χ4v) is 3.58. The van der Waals surface area contributed by atoms with Gasteiger partial charge in [0, 0.05) is 24.6 Å². The predicted molar refractivity (Wildman–Crippen MR) is 102 cm³/mol. The molecule has 0 bridgehead atoms. The number of primary sulfonamides is 1. The van der Waals surface area contributed by atoms with E-state index in [0.29, 0.717) is 12.2 Å². The minimum atomic E-state index is -4.63. The van der Waals surface area contributed by atoms with Crippen molar-refractivity contribution in [2.75, 3.05) is 11.4 Å². The SMILES string of the molecule is NS(=O)(=O)c1ccc(-n2cc(C(F)(F)F)nc2N2C=c3ccccc3=CC2)cc1. The van der Waals surface area contributed by atoms with Crippen molar-refractivity contribution in [2.24, 2.45) is 5.14 Å². The van der Waals surface area contributed by atoms with Gasteiger partial charge in [-0.2, -0.15) is 13.2 Å². The summed E-state index contributed by atoms with van der Waals surface area (Å²) in [6.07, 6.45) is -0.119. The number of benzene rings is 2. The predicted octanol–water partition coefficient (Wildman–Crippen LogP) is 1.58. The van der Waals surface area contributed by atoms with E-state index >= 15 is 0 Å². The largest absolute Gasteiger partial charge is 0.434 e. The molecule has 29 heavy (non-hydrogen) atoms. The number of halogens is 3. The van der Waals surface area contributed by atoms with Crippen molar-refractivity contribution >= 4 is 28.2 Å². The van der Waals surface area contributed by atoms with E-state index in [9.17, 15) is 21.6 Å². The number of nitrogens with two attached hydrogens (primary N) is 1. The van der Waals surface area contributed by atoms with E-state index in [2.05, 4.69) is 4.98 Å². The van der Waals surface area contributed by atoms with Gasteiger partial charge in [0.25, 0.3) is 0 Å². The van der Waals surface area contributed by atoms with Gasteiger partial charge in [-0.25, -0.2) is 18.5 Å². The Morgan fingerprint density at radius 1 is 1.00 bits per heavy atom. The van der Waals surface area contributed by atoms with Crippen LogP contribution in [0.15, 0.2) is 59.6 Å². The van der Waals surface area contributed by atoms with Gasteiger partial charge < -0.3 is 4.90 Å². The first-order valence-corrected chi connectivity index (χ1v) is 10.0. The summed E-state index contributed by atoms with van der Waals surface area (Å²) in [6, 6.07) is 12.7. The normalized spacial score (nSPS) is 14.1. The summed E-state index contributed by atoms with van der Waals surface area (Å²) < 4.78 is 64.1. The minimum absolute atomic E-state index is 0.0615. The van der Waals surface area contributed by atoms with E-state index in [4.69, 9.17) is 5.14 Å². The van der Waals surface area contributed by atoms with Crippen molar-refractivity contribution in [1.82, 2.24) is 9.55 Å². The van der Waals surface area contributed by atoms with Crippen LogP contribution < -0.4 is 20.5 Å². The third-order valence-electron chi connectivity index (χ3n) is 4.48. The molecule has 0 fully saturated rings. The number of hydrogen-bond donors (Lipinski definition) is 1. The van der Waals surface area contributed by atoms with Gasteiger partial charge in [0.1, 0.15) is 0 Å². The van der Waals surface area contributed by atoms with Crippen LogP contribution in [0.4, 0.5) is 19.1 Å². The molecule has 0 atom stereocenters. The van der Waals surface area contributed by atoms with E-state index in [0.717, 1.165) is 16.6 Å². The zero-order valence-corrected chi connectivity index (χ0v) is 15.7. The summed E-state index contributed by atoms with van der Waals surface area (Å²) in [5, 5.41) is 6.92. The van der Waals surface area contributed by atoms with Crippen molar-refractivity contribution in [3.8, 4) is 5.69 Å². The van der Waals surface area contributed by atoms with Crippen LogP contribution >= 0.6 is 0 Å². The van der Waals surface area contributed by atoms with Crippen LogP contribution in [-0.2, 0) is 16.2 Å². The first-order valence-electron chi connectivity index (χ1n) is 8.46. The summed E-state index contributed by atoms with van der Waals surface area (Å²) in [6.45, 7) is 0.334. The standard InChI is InChI=1S/C19H15F3N4O2S/c20-19(21,22)17-12-26(15-5-7-16(8-6-15)29(23,27)28)18(24-17)25-10-9-13-3-1-2-4-14(13)11-25/h1-9,11-12H,10H2,(H2,23,27,28). The lowest BCUT2D eigenvalue weighted by Gasteiger charge is -2.21. The Morgan fingerprint density at radius 2 is 1.66 bits per heavy atom. The number of anilines is 1. The highest BCUT2D eigenvalue weighted by Gasteiger charge is 2.35. The highest BCUT2D eigenvalue weighted by Crippen LogP contribution is 2.32. The zero-order chi connectivity index (χ0) is 20.8. The molecule has 10 heteroatoms. The molecule has 0 spiro atoms. The van der Waals surface area contributed by atoms with Crippen molar-refractivity contribution in [2.45, 2.75) is 11.1 Å². The second-order valence-corrected chi connectivity index (χ2v) is 8.01. The third-order valence-corrected chi connectivity index (χ3v) is 5.41. The molecule has 0 amide bonds. The molecule has 0 radical (unpaired) electrons. The number of sulfonamides is 1. The number of aromatic nitrogens is 2. The van der Waals surface area contributed by atoms with E-state index in [-0.39, 0.29) is 10.8 Å². The highest BCUT2D eigenvalue weighted by molar-refractivity contribution is 7.89. The lowest BCUT2D eigenvalue weighted by molar-refractivity contribution is -0.140. The minimum Gasteiger partial charge on any atom is -0.314 e. The smallest absolute Gasteiger partial charge is 0.314 e. The van der Waals surface area contributed by atoms with Gasteiger partial charge >= 0.3 is 6.18 Å². The molecule has 0 saturated heterocycles. The molecule has 3 aromatic rings. The summed E-state index contributed by atoms with van der Waals surface area (Å²) >= 11 is 0. The molecule has 1 aliphatic heterocycles. The van der Waals surface area contributed by atoms with Crippen LogP contribution in [0.25, 0.3) is 18.0 Å². The van der Waals surface area contributed by atoms with Gasteiger partial charge in [-0.05, 0) is 34.7 Å². The summed E-state index contributed by atoms with van der Waals surface area (Å²) in [4.78, 5) is 5.26. The molecule has 2 N–H and O–H groups in total.